The number of carbonyl (C=O) groups excluding carboxylic acids is 3. The lowest BCUT2D eigenvalue weighted by molar-refractivity contribution is -0.159. The molecular weight excluding hydrogens is 539 g/mol. The summed E-state index contributed by atoms with van der Waals surface area (Å²) in [6.45, 7) is 2.46. The molecule has 8 nitrogen and oxygen atoms in total. The van der Waals surface area contributed by atoms with Crippen molar-refractivity contribution in [3.8, 4) is 11.1 Å². The number of halogens is 4. The zero-order chi connectivity index (χ0) is 29.1. The number of benzene rings is 2. The Morgan fingerprint density at radius 3 is 2.33 bits per heavy atom. The molecule has 0 unspecified atom stereocenters. The molecule has 0 radical (unpaired) electrons. The topological polar surface area (TPSA) is 120 Å². The molecule has 1 atom stereocenters. The van der Waals surface area contributed by atoms with Crippen LogP contribution in [0, 0.1) is 6.92 Å². The van der Waals surface area contributed by atoms with Crippen molar-refractivity contribution in [2.24, 2.45) is 12.8 Å². The maximum absolute atomic E-state index is 13.3. The summed E-state index contributed by atoms with van der Waals surface area (Å²) in [5.41, 5.74) is 5.43. The molecule has 3 N–H and O–H groups in total. The van der Waals surface area contributed by atoms with E-state index in [1.807, 2.05) is 0 Å². The number of carbonyl (C=O) groups is 3. The molecule has 0 aliphatic heterocycles. The van der Waals surface area contributed by atoms with Crippen molar-refractivity contribution in [1.29, 1.82) is 0 Å². The number of nitrogens with two attached hydrogens (primary N) is 1. The van der Waals surface area contributed by atoms with E-state index in [1.54, 1.807) is 24.3 Å². The van der Waals surface area contributed by atoms with Gasteiger partial charge in [0, 0.05) is 26.9 Å². The lowest BCUT2D eigenvalue weighted by Gasteiger charge is -2.19. The van der Waals surface area contributed by atoms with Crippen LogP contribution in [0.5, 0.6) is 0 Å². The molecule has 39 heavy (non-hydrogen) atoms. The average molecular weight is 564 g/mol. The number of amides is 1. The Morgan fingerprint density at radius 1 is 1.13 bits per heavy atom. The van der Waals surface area contributed by atoms with Crippen molar-refractivity contribution in [1.82, 2.24) is 9.88 Å². The SMILES string of the molecule is CC(=O)OC(=O)[C@H](Cc1ccc(-c2c(C)cc(C(F)(F)F)n(C)c2=O)cc1)NC(=O)c1c(Cl)cccc1CN. The first-order valence-electron chi connectivity index (χ1n) is 11.6. The number of aryl methyl sites for hydroxylation is 1. The largest absolute Gasteiger partial charge is 0.431 e. The summed E-state index contributed by atoms with van der Waals surface area (Å²) in [5.74, 6) is -2.58. The van der Waals surface area contributed by atoms with Crippen LogP contribution in [0.1, 0.15) is 39.7 Å². The van der Waals surface area contributed by atoms with E-state index >= 15 is 0 Å². The van der Waals surface area contributed by atoms with Gasteiger partial charge >= 0.3 is 18.1 Å². The molecule has 0 aliphatic rings. The third kappa shape index (κ3) is 6.73. The number of nitrogens with one attached hydrogen (secondary N) is 1. The van der Waals surface area contributed by atoms with Crippen molar-refractivity contribution >= 4 is 29.4 Å². The second-order valence-electron chi connectivity index (χ2n) is 8.77. The van der Waals surface area contributed by atoms with E-state index < -0.39 is 41.3 Å². The monoisotopic (exact) mass is 563 g/mol. The summed E-state index contributed by atoms with van der Waals surface area (Å²) in [7, 11) is 1.05. The fraction of sp³-hybridized carbons (Fsp3) is 0.259. The first-order chi connectivity index (χ1) is 18.2. The fourth-order valence-electron chi connectivity index (χ4n) is 4.12. The van der Waals surface area contributed by atoms with Gasteiger partial charge in [0.15, 0.2) is 0 Å². The minimum absolute atomic E-state index is 0.0101. The van der Waals surface area contributed by atoms with E-state index in [-0.39, 0.29) is 34.7 Å². The number of hydrogen-bond acceptors (Lipinski definition) is 6. The third-order valence-electron chi connectivity index (χ3n) is 5.98. The molecule has 1 aromatic heterocycles. The number of hydrogen-bond donors (Lipinski definition) is 2. The molecule has 0 aliphatic carbocycles. The summed E-state index contributed by atoms with van der Waals surface area (Å²) in [6.07, 6.45) is -4.80. The summed E-state index contributed by atoms with van der Waals surface area (Å²) < 4.78 is 45.0. The van der Waals surface area contributed by atoms with Crippen molar-refractivity contribution in [3.63, 3.8) is 0 Å². The second-order valence-corrected chi connectivity index (χ2v) is 9.17. The lowest BCUT2D eigenvalue weighted by atomic mass is 9.98. The van der Waals surface area contributed by atoms with Crippen molar-refractivity contribution in [2.45, 2.75) is 39.0 Å². The molecule has 3 rings (SSSR count). The van der Waals surface area contributed by atoms with Gasteiger partial charge < -0.3 is 20.4 Å². The van der Waals surface area contributed by atoms with Gasteiger partial charge in [-0.2, -0.15) is 13.2 Å². The smallest absolute Gasteiger partial charge is 0.392 e. The predicted molar refractivity (Wildman–Crippen MR) is 138 cm³/mol. The van der Waals surface area contributed by atoms with Crippen LogP contribution in [-0.2, 0) is 40.5 Å². The van der Waals surface area contributed by atoms with Crippen LogP contribution in [0.25, 0.3) is 11.1 Å². The summed E-state index contributed by atoms with van der Waals surface area (Å²) in [6, 6.07) is 10.5. The van der Waals surface area contributed by atoms with Gasteiger partial charge in [0.25, 0.3) is 11.5 Å². The molecule has 0 fully saturated rings. The molecule has 3 aromatic rings. The Labute approximate surface area is 226 Å². The van der Waals surface area contributed by atoms with Gasteiger partial charge in [-0.15, -0.1) is 0 Å². The second kappa shape index (κ2) is 11.8. The Kier molecular flexibility index (Phi) is 8.98. The molecule has 2 aromatic carbocycles. The number of ether oxygens (including phenoxy) is 1. The standard InChI is InChI=1S/C27H25ClF3N3O5/c1-14-11-21(27(29,30)31)34(3)25(37)22(14)17-9-7-16(8-10-17)12-20(26(38)39-15(2)35)33-24(36)23-18(13-32)5-4-6-19(23)28/h4-11,20H,12-13,32H2,1-3H3,(H,33,36)/t20-/m0/s1. The molecule has 0 spiro atoms. The number of rotatable bonds is 7. The molecule has 12 heteroatoms. The summed E-state index contributed by atoms with van der Waals surface area (Å²) >= 11 is 6.18. The van der Waals surface area contributed by atoms with E-state index in [0.717, 1.165) is 20.0 Å². The summed E-state index contributed by atoms with van der Waals surface area (Å²) in [5, 5.41) is 2.65. The quantitative estimate of drug-likeness (QED) is 0.332. The molecule has 206 valence electrons. The molecule has 0 bridgehead atoms. The maximum atomic E-state index is 13.3. The van der Waals surface area contributed by atoms with Gasteiger partial charge in [-0.25, -0.2) is 4.79 Å². The highest BCUT2D eigenvalue weighted by Gasteiger charge is 2.34. The zero-order valence-electron chi connectivity index (χ0n) is 21.2. The minimum atomic E-state index is -4.69. The predicted octanol–water partition coefficient (Wildman–Crippen LogP) is 3.92. The van der Waals surface area contributed by atoms with Crippen LogP contribution in [0.15, 0.2) is 53.3 Å². The van der Waals surface area contributed by atoms with Crippen molar-refractivity contribution < 1.29 is 32.3 Å². The van der Waals surface area contributed by atoms with Gasteiger partial charge in [0.05, 0.1) is 16.1 Å². The highest BCUT2D eigenvalue weighted by atomic mass is 35.5. The summed E-state index contributed by atoms with van der Waals surface area (Å²) in [4.78, 5) is 49.8. The zero-order valence-corrected chi connectivity index (χ0v) is 21.9. The first kappa shape index (κ1) is 29.6. The van der Waals surface area contributed by atoms with Crippen molar-refractivity contribution in [2.75, 3.05) is 0 Å². The van der Waals surface area contributed by atoms with Crippen LogP contribution in [-0.4, -0.2) is 28.5 Å². The van der Waals surface area contributed by atoms with Gasteiger partial charge in [0.2, 0.25) is 0 Å². The molecular formula is C27H25ClF3N3O5. The Morgan fingerprint density at radius 2 is 1.77 bits per heavy atom. The Hall–Kier alpha value is -3.96. The third-order valence-corrected chi connectivity index (χ3v) is 6.30. The van der Waals surface area contributed by atoms with Gasteiger partial charge in [-0.1, -0.05) is 48.0 Å². The van der Waals surface area contributed by atoms with Gasteiger partial charge in [-0.3, -0.25) is 14.4 Å². The molecule has 0 saturated heterocycles. The highest BCUT2D eigenvalue weighted by molar-refractivity contribution is 6.34. The Balaban J connectivity index is 1.92. The van der Waals surface area contributed by atoms with E-state index in [1.165, 1.54) is 25.1 Å². The molecule has 0 saturated carbocycles. The van der Waals surface area contributed by atoms with Gasteiger partial charge in [0.1, 0.15) is 11.7 Å². The van der Waals surface area contributed by atoms with E-state index in [2.05, 4.69) is 5.32 Å². The van der Waals surface area contributed by atoms with Crippen LogP contribution in [0.2, 0.25) is 5.02 Å². The van der Waals surface area contributed by atoms with Crippen LogP contribution in [0.4, 0.5) is 13.2 Å². The van der Waals surface area contributed by atoms with E-state index in [9.17, 15) is 32.3 Å². The number of aromatic nitrogens is 1. The maximum Gasteiger partial charge on any atom is 0.431 e. The molecule has 1 heterocycles. The van der Waals surface area contributed by atoms with E-state index in [0.29, 0.717) is 21.3 Å². The lowest BCUT2D eigenvalue weighted by Crippen LogP contribution is -2.44. The number of esters is 2. The number of pyridine rings is 1. The fourth-order valence-corrected chi connectivity index (χ4v) is 4.40. The highest BCUT2D eigenvalue weighted by Crippen LogP contribution is 2.31. The minimum Gasteiger partial charge on any atom is -0.392 e. The van der Waals surface area contributed by atoms with Gasteiger partial charge in [-0.05, 0) is 41.3 Å². The van der Waals surface area contributed by atoms with Crippen LogP contribution >= 0.6 is 11.6 Å². The normalized spacial score (nSPS) is 12.1. The van der Waals surface area contributed by atoms with Crippen molar-refractivity contribution in [3.05, 3.63) is 91.9 Å². The molecule has 1 amide bonds. The first-order valence-corrected chi connectivity index (χ1v) is 12.0. The Bertz CT molecular complexity index is 1480. The number of alkyl halides is 3. The van der Waals surface area contributed by atoms with Crippen LogP contribution < -0.4 is 16.6 Å². The number of nitrogens with zero attached hydrogens (tertiary/aromatic N) is 1. The van der Waals surface area contributed by atoms with Crippen LogP contribution in [0.3, 0.4) is 0 Å². The average Bonchev–Trinajstić information content (AvgIpc) is 2.85. The van der Waals surface area contributed by atoms with E-state index in [4.69, 9.17) is 22.1 Å².